The van der Waals surface area contributed by atoms with E-state index in [-0.39, 0.29) is 0 Å². The van der Waals surface area contributed by atoms with Crippen molar-refractivity contribution in [1.29, 1.82) is 0 Å². The third kappa shape index (κ3) is 5.27. The summed E-state index contributed by atoms with van der Waals surface area (Å²) in [5.41, 5.74) is 1.36. The first-order valence-corrected chi connectivity index (χ1v) is 10.9. The van der Waals surface area contributed by atoms with Gasteiger partial charge in [-0.1, -0.05) is 50.4 Å². The van der Waals surface area contributed by atoms with E-state index in [1.54, 1.807) is 0 Å². The molecule has 0 radical (unpaired) electrons. The van der Waals surface area contributed by atoms with Crippen LogP contribution in [-0.4, -0.2) is 14.8 Å². The molecule has 1 fully saturated rings. The first-order chi connectivity index (χ1) is 12.1. The highest BCUT2D eigenvalue weighted by Crippen LogP contribution is 2.42. The van der Waals surface area contributed by atoms with E-state index in [0.29, 0.717) is 5.25 Å². The molecule has 0 bridgehead atoms. The van der Waals surface area contributed by atoms with Gasteiger partial charge in [0.1, 0.15) is 0 Å². The monoisotopic (exact) mass is 376 g/mol. The number of aromatic nitrogens is 2. The first kappa shape index (κ1) is 18.8. The maximum atomic E-state index is 6.03. The van der Waals surface area contributed by atoms with Gasteiger partial charge in [0.05, 0.1) is 6.33 Å². The molecule has 1 aliphatic carbocycles. The van der Waals surface area contributed by atoms with Crippen LogP contribution in [0.2, 0.25) is 5.02 Å². The van der Waals surface area contributed by atoms with Crippen LogP contribution in [0.25, 0.3) is 0 Å². The van der Waals surface area contributed by atoms with Crippen molar-refractivity contribution in [3.8, 4) is 0 Å². The van der Waals surface area contributed by atoms with Crippen LogP contribution in [-0.2, 0) is 12.3 Å². The average Bonchev–Trinajstić information content (AvgIpc) is 3.13. The molecule has 3 atom stereocenters. The highest BCUT2D eigenvalue weighted by atomic mass is 35.5. The van der Waals surface area contributed by atoms with E-state index in [0.717, 1.165) is 35.1 Å². The number of hydrogen-bond acceptors (Lipinski definition) is 2. The number of halogens is 1. The Kier molecular flexibility index (Phi) is 6.89. The Hall–Kier alpha value is -0.930. The van der Waals surface area contributed by atoms with Crippen LogP contribution < -0.4 is 0 Å². The maximum Gasteiger partial charge on any atom is 0.0946 e. The molecule has 3 unspecified atom stereocenters. The summed E-state index contributed by atoms with van der Waals surface area (Å²) in [4.78, 5) is 4.24. The zero-order valence-corrected chi connectivity index (χ0v) is 16.8. The van der Waals surface area contributed by atoms with E-state index >= 15 is 0 Å². The van der Waals surface area contributed by atoms with Gasteiger partial charge in [0.2, 0.25) is 0 Å². The molecule has 136 valence electrons. The van der Waals surface area contributed by atoms with Crippen molar-refractivity contribution in [2.75, 3.05) is 0 Å². The number of imidazole rings is 1. The van der Waals surface area contributed by atoms with Gasteiger partial charge < -0.3 is 4.57 Å². The molecule has 0 saturated heterocycles. The number of benzene rings is 1. The molecular formula is C21H29ClN2S. The van der Waals surface area contributed by atoms with Crippen molar-refractivity contribution in [2.24, 2.45) is 17.8 Å². The third-order valence-corrected chi connectivity index (χ3v) is 7.21. The Bertz CT molecular complexity index is 624. The highest BCUT2D eigenvalue weighted by Gasteiger charge is 2.33. The SMILES string of the molecule is CC(C)C1CCCCC1C(Cn1ccnc1)SCc1ccc(Cl)cc1. The Morgan fingerprint density at radius 3 is 2.52 bits per heavy atom. The summed E-state index contributed by atoms with van der Waals surface area (Å²) in [6.45, 7) is 5.87. The maximum absolute atomic E-state index is 6.03. The van der Waals surface area contributed by atoms with Crippen molar-refractivity contribution >= 4 is 23.4 Å². The van der Waals surface area contributed by atoms with Crippen LogP contribution in [0.15, 0.2) is 43.0 Å². The van der Waals surface area contributed by atoms with Crippen molar-refractivity contribution in [3.63, 3.8) is 0 Å². The molecule has 0 aliphatic heterocycles. The Morgan fingerprint density at radius 2 is 1.88 bits per heavy atom. The fraction of sp³-hybridized carbons (Fsp3) is 0.571. The van der Waals surface area contributed by atoms with Crippen LogP contribution in [0, 0.1) is 17.8 Å². The van der Waals surface area contributed by atoms with Crippen LogP contribution in [0.5, 0.6) is 0 Å². The molecule has 0 spiro atoms. The fourth-order valence-corrected chi connectivity index (χ4v) is 5.76. The van der Waals surface area contributed by atoms with E-state index in [4.69, 9.17) is 11.6 Å². The molecule has 1 aromatic carbocycles. The van der Waals surface area contributed by atoms with Crippen molar-refractivity contribution < 1.29 is 0 Å². The molecule has 2 aromatic rings. The summed E-state index contributed by atoms with van der Waals surface area (Å²) in [5.74, 6) is 3.47. The third-order valence-electron chi connectivity index (χ3n) is 5.54. The predicted molar refractivity (Wildman–Crippen MR) is 109 cm³/mol. The summed E-state index contributed by atoms with van der Waals surface area (Å²) in [6.07, 6.45) is 11.5. The summed E-state index contributed by atoms with van der Waals surface area (Å²) in [6, 6.07) is 8.31. The van der Waals surface area contributed by atoms with Gasteiger partial charge in [-0.15, -0.1) is 0 Å². The van der Waals surface area contributed by atoms with Gasteiger partial charge in [0.15, 0.2) is 0 Å². The summed E-state index contributed by atoms with van der Waals surface area (Å²) < 4.78 is 2.26. The molecule has 2 nitrogen and oxygen atoms in total. The van der Waals surface area contributed by atoms with E-state index in [1.165, 1.54) is 31.2 Å². The molecule has 1 aromatic heterocycles. The van der Waals surface area contributed by atoms with Crippen LogP contribution in [0.1, 0.15) is 45.1 Å². The van der Waals surface area contributed by atoms with Crippen LogP contribution in [0.4, 0.5) is 0 Å². The Morgan fingerprint density at radius 1 is 1.16 bits per heavy atom. The molecule has 0 N–H and O–H groups in total. The molecular weight excluding hydrogens is 348 g/mol. The minimum Gasteiger partial charge on any atom is -0.336 e. The highest BCUT2D eigenvalue weighted by molar-refractivity contribution is 7.99. The van der Waals surface area contributed by atoms with Crippen molar-refractivity contribution in [3.05, 3.63) is 53.6 Å². The molecule has 1 aliphatic rings. The van der Waals surface area contributed by atoms with E-state index < -0.39 is 0 Å². The van der Waals surface area contributed by atoms with Crippen LogP contribution in [0.3, 0.4) is 0 Å². The first-order valence-electron chi connectivity index (χ1n) is 9.45. The molecule has 1 saturated carbocycles. The number of rotatable bonds is 7. The van der Waals surface area contributed by atoms with Gasteiger partial charge in [-0.05, 0) is 48.3 Å². The largest absolute Gasteiger partial charge is 0.336 e. The number of thioether (sulfide) groups is 1. The quantitative estimate of drug-likeness (QED) is 0.564. The lowest BCUT2D eigenvalue weighted by atomic mass is 9.72. The second kappa shape index (κ2) is 9.14. The Balaban J connectivity index is 1.72. The lowest BCUT2D eigenvalue weighted by Gasteiger charge is -2.39. The number of nitrogens with zero attached hydrogens (tertiary/aromatic N) is 2. The lowest BCUT2D eigenvalue weighted by molar-refractivity contribution is 0.171. The van der Waals surface area contributed by atoms with Gasteiger partial charge in [-0.25, -0.2) is 4.98 Å². The van der Waals surface area contributed by atoms with Crippen molar-refractivity contribution in [2.45, 2.75) is 57.1 Å². The van der Waals surface area contributed by atoms with Crippen LogP contribution >= 0.6 is 23.4 Å². The number of hydrogen-bond donors (Lipinski definition) is 0. The van der Waals surface area contributed by atoms with Gasteiger partial charge >= 0.3 is 0 Å². The van der Waals surface area contributed by atoms with E-state index in [2.05, 4.69) is 53.5 Å². The minimum atomic E-state index is 0.637. The molecule has 0 amide bonds. The molecule has 4 heteroatoms. The second-order valence-corrected chi connectivity index (χ2v) is 9.26. The van der Waals surface area contributed by atoms with Gasteiger partial charge in [-0.3, -0.25) is 0 Å². The molecule has 3 rings (SSSR count). The second-order valence-electron chi connectivity index (χ2n) is 7.59. The van der Waals surface area contributed by atoms with Gasteiger partial charge in [0, 0.05) is 35.0 Å². The van der Waals surface area contributed by atoms with Gasteiger partial charge in [-0.2, -0.15) is 11.8 Å². The standard InChI is InChI=1S/C21H29ClN2S/c1-16(2)19-5-3-4-6-20(19)21(13-24-12-11-23-15-24)25-14-17-7-9-18(22)10-8-17/h7-12,15-16,19-21H,3-6,13-14H2,1-2H3. The topological polar surface area (TPSA) is 17.8 Å². The average molecular weight is 377 g/mol. The predicted octanol–water partition coefficient (Wildman–Crippen LogP) is 6.30. The minimum absolute atomic E-state index is 0.637. The zero-order chi connectivity index (χ0) is 17.6. The molecule has 25 heavy (non-hydrogen) atoms. The van der Waals surface area contributed by atoms with Crippen molar-refractivity contribution in [1.82, 2.24) is 9.55 Å². The van der Waals surface area contributed by atoms with E-state index in [1.807, 2.05) is 24.7 Å². The molecule has 1 heterocycles. The Labute approximate surface area is 161 Å². The normalized spacial score (nSPS) is 22.2. The fourth-order valence-electron chi connectivity index (χ4n) is 4.18. The summed E-state index contributed by atoms with van der Waals surface area (Å²) in [7, 11) is 0. The van der Waals surface area contributed by atoms with Gasteiger partial charge in [0.25, 0.3) is 0 Å². The van der Waals surface area contributed by atoms with E-state index in [9.17, 15) is 0 Å². The smallest absolute Gasteiger partial charge is 0.0946 e. The summed E-state index contributed by atoms with van der Waals surface area (Å²) >= 11 is 8.14. The lowest BCUT2D eigenvalue weighted by Crippen LogP contribution is -2.34. The summed E-state index contributed by atoms with van der Waals surface area (Å²) in [5, 5.41) is 1.45. The zero-order valence-electron chi connectivity index (χ0n) is 15.3.